The van der Waals surface area contributed by atoms with E-state index in [1.54, 1.807) is 6.92 Å². The fourth-order valence-electron chi connectivity index (χ4n) is 0.776. The first kappa shape index (κ1) is 10.1. The lowest BCUT2D eigenvalue weighted by Gasteiger charge is -2.01. The van der Waals surface area contributed by atoms with Gasteiger partial charge in [0.1, 0.15) is 0 Å². The van der Waals surface area contributed by atoms with E-state index in [0.29, 0.717) is 18.7 Å². The SMILES string of the molecule is CCCC(=N)CC(=O)OCC. The van der Waals surface area contributed by atoms with Gasteiger partial charge in [-0.3, -0.25) is 4.79 Å². The van der Waals surface area contributed by atoms with Crippen molar-refractivity contribution in [2.45, 2.75) is 33.1 Å². The largest absolute Gasteiger partial charge is 0.466 e. The predicted octanol–water partition coefficient (Wildman–Crippen LogP) is 1.76. The van der Waals surface area contributed by atoms with Crippen molar-refractivity contribution in [3.8, 4) is 0 Å². The van der Waals surface area contributed by atoms with Gasteiger partial charge in [-0.15, -0.1) is 0 Å². The smallest absolute Gasteiger partial charge is 0.311 e. The van der Waals surface area contributed by atoms with E-state index >= 15 is 0 Å². The van der Waals surface area contributed by atoms with Gasteiger partial charge < -0.3 is 10.1 Å². The number of carbonyl (C=O) groups excluding carboxylic acids is 1. The van der Waals surface area contributed by atoms with Crippen LogP contribution in [0.25, 0.3) is 0 Å². The Hall–Kier alpha value is -0.860. The minimum atomic E-state index is -0.286. The number of carbonyl (C=O) groups is 1. The maximum absolute atomic E-state index is 10.8. The van der Waals surface area contributed by atoms with Crippen LogP contribution in [-0.2, 0) is 9.53 Å². The van der Waals surface area contributed by atoms with Crippen molar-refractivity contribution in [1.82, 2.24) is 0 Å². The van der Waals surface area contributed by atoms with E-state index in [0.717, 1.165) is 6.42 Å². The molecular formula is C8H15NO2. The van der Waals surface area contributed by atoms with Crippen LogP contribution in [0.1, 0.15) is 33.1 Å². The van der Waals surface area contributed by atoms with Gasteiger partial charge >= 0.3 is 5.97 Å². The summed E-state index contributed by atoms with van der Waals surface area (Å²) in [5.74, 6) is -0.286. The normalized spacial score (nSPS) is 9.27. The third kappa shape index (κ3) is 5.58. The van der Waals surface area contributed by atoms with Gasteiger partial charge in [0.15, 0.2) is 0 Å². The molecule has 0 saturated carbocycles. The molecule has 0 heterocycles. The van der Waals surface area contributed by atoms with Crippen molar-refractivity contribution < 1.29 is 9.53 Å². The highest BCUT2D eigenvalue weighted by Gasteiger charge is 2.04. The summed E-state index contributed by atoms with van der Waals surface area (Å²) in [7, 11) is 0. The summed E-state index contributed by atoms with van der Waals surface area (Å²) < 4.78 is 4.68. The van der Waals surface area contributed by atoms with Gasteiger partial charge in [-0.25, -0.2) is 0 Å². The van der Waals surface area contributed by atoms with Gasteiger partial charge in [0, 0.05) is 5.71 Å². The predicted molar refractivity (Wildman–Crippen MR) is 43.9 cm³/mol. The molecule has 1 N–H and O–H groups in total. The Morgan fingerprint density at radius 2 is 2.09 bits per heavy atom. The van der Waals surface area contributed by atoms with Crippen molar-refractivity contribution in [2.75, 3.05) is 6.61 Å². The zero-order chi connectivity index (χ0) is 8.69. The molecule has 0 unspecified atom stereocenters. The number of hydrogen-bond donors (Lipinski definition) is 1. The Morgan fingerprint density at radius 3 is 2.55 bits per heavy atom. The molecule has 0 rings (SSSR count). The molecule has 0 aliphatic heterocycles. The molecule has 3 nitrogen and oxygen atoms in total. The van der Waals surface area contributed by atoms with E-state index < -0.39 is 0 Å². The van der Waals surface area contributed by atoms with Crippen molar-refractivity contribution in [3.63, 3.8) is 0 Å². The van der Waals surface area contributed by atoms with E-state index in [2.05, 4.69) is 4.74 Å². The summed E-state index contributed by atoms with van der Waals surface area (Å²) in [4.78, 5) is 10.8. The molecule has 0 radical (unpaired) electrons. The van der Waals surface area contributed by atoms with Gasteiger partial charge in [-0.05, 0) is 13.3 Å². The minimum absolute atomic E-state index is 0.154. The summed E-state index contributed by atoms with van der Waals surface area (Å²) >= 11 is 0. The zero-order valence-electron chi connectivity index (χ0n) is 7.14. The van der Waals surface area contributed by atoms with Crippen LogP contribution in [0.15, 0.2) is 0 Å². The Labute approximate surface area is 67.3 Å². The number of rotatable bonds is 5. The fraction of sp³-hybridized carbons (Fsp3) is 0.750. The molecule has 3 heteroatoms. The summed E-state index contributed by atoms with van der Waals surface area (Å²) in [6.07, 6.45) is 1.76. The second-order valence-electron chi connectivity index (χ2n) is 2.34. The van der Waals surface area contributed by atoms with E-state index in [-0.39, 0.29) is 12.4 Å². The van der Waals surface area contributed by atoms with Crippen LogP contribution in [0, 0.1) is 5.41 Å². The second-order valence-corrected chi connectivity index (χ2v) is 2.34. The molecule has 0 amide bonds. The monoisotopic (exact) mass is 157 g/mol. The molecular weight excluding hydrogens is 142 g/mol. The molecule has 0 bridgehead atoms. The van der Waals surface area contributed by atoms with Crippen LogP contribution in [0.3, 0.4) is 0 Å². The highest BCUT2D eigenvalue weighted by atomic mass is 16.5. The first-order valence-electron chi connectivity index (χ1n) is 3.92. The third-order valence-corrected chi connectivity index (χ3v) is 1.21. The molecule has 0 aliphatic carbocycles. The second kappa shape index (κ2) is 5.89. The summed E-state index contributed by atoms with van der Waals surface area (Å²) in [6.45, 7) is 4.15. The van der Waals surface area contributed by atoms with E-state index in [1.165, 1.54) is 0 Å². The van der Waals surface area contributed by atoms with E-state index in [1.807, 2.05) is 6.92 Å². The number of ether oxygens (including phenoxy) is 1. The molecule has 0 fully saturated rings. The van der Waals surface area contributed by atoms with Gasteiger partial charge in [0.2, 0.25) is 0 Å². The molecule has 11 heavy (non-hydrogen) atoms. The van der Waals surface area contributed by atoms with E-state index in [9.17, 15) is 4.79 Å². The lowest BCUT2D eigenvalue weighted by Crippen LogP contribution is -2.09. The van der Waals surface area contributed by atoms with E-state index in [4.69, 9.17) is 5.41 Å². The molecule has 0 spiro atoms. The molecule has 64 valence electrons. The van der Waals surface area contributed by atoms with Crippen LogP contribution < -0.4 is 0 Å². The minimum Gasteiger partial charge on any atom is -0.466 e. The highest BCUT2D eigenvalue weighted by Crippen LogP contribution is 1.96. The van der Waals surface area contributed by atoms with Crippen molar-refractivity contribution >= 4 is 11.7 Å². The van der Waals surface area contributed by atoms with Crippen molar-refractivity contribution in [2.24, 2.45) is 0 Å². The van der Waals surface area contributed by atoms with Crippen LogP contribution in [0.4, 0.5) is 0 Å². The van der Waals surface area contributed by atoms with Gasteiger partial charge in [-0.1, -0.05) is 13.3 Å². The van der Waals surface area contributed by atoms with Crippen molar-refractivity contribution in [3.05, 3.63) is 0 Å². The topological polar surface area (TPSA) is 50.2 Å². The Kier molecular flexibility index (Phi) is 5.43. The lowest BCUT2D eigenvalue weighted by molar-refractivity contribution is -0.141. The number of nitrogens with one attached hydrogen (secondary N) is 1. The lowest BCUT2D eigenvalue weighted by atomic mass is 10.2. The Morgan fingerprint density at radius 1 is 1.45 bits per heavy atom. The molecule has 0 aromatic heterocycles. The van der Waals surface area contributed by atoms with Crippen LogP contribution in [0.5, 0.6) is 0 Å². The summed E-state index contributed by atoms with van der Waals surface area (Å²) in [5, 5.41) is 7.30. The third-order valence-electron chi connectivity index (χ3n) is 1.21. The molecule has 0 aliphatic rings. The van der Waals surface area contributed by atoms with Crippen LogP contribution in [0.2, 0.25) is 0 Å². The zero-order valence-corrected chi connectivity index (χ0v) is 7.14. The average molecular weight is 157 g/mol. The Balaban J connectivity index is 3.49. The summed E-state index contributed by atoms with van der Waals surface area (Å²) in [6, 6.07) is 0. The van der Waals surface area contributed by atoms with Crippen LogP contribution >= 0.6 is 0 Å². The number of hydrogen-bond acceptors (Lipinski definition) is 3. The van der Waals surface area contributed by atoms with Gasteiger partial charge in [-0.2, -0.15) is 0 Å². The quantitative estimate of drug-likeness (QED) is 0.488. The highest BCUT2D eigenvalue weighted by molar-refractivity contribution is 5.97. The van der Waals surface area contributed by atoms with Crippen molar-refractivity contribution in [1.29, 1.82) is 5.41 Å². The molecule has 0 atom stereocenters. The molecule has 0 aromatic carbocycles. The maximum Gasteiger partial charge on any atom is 0.311 e. The standard InChI is InChI=1S/C8H15NO2/c1-3-5-7(9)6-8(10)11-4-2/h9H,3-6H2,1-2H3. The molecule has 0 aromatic rings. The fourth-order valence-corrected chi connectivity index (χ4v) is 0.776. The summed E-state index contributed by atoms with van der Waals surface area (Å²) in [5.41, 5.74) is 0.464. The van der Waals surface area contributed by atoms with Crippen LogP contribution in [-0.4, -0.2) is 18.3 Å². The average Bonchev–Trinajstić information content (AvgIpc) is 1.87. The first-order valence-corrected chi connectivity index (χ1v) is 3.92. The molecule has 0 saturated heterocycles. The first-order chi connectivity index (χ1) is 5.20. The van der Waals surface area contributed by atoms with Gasteiger partial charge in [0.05, 0.1) is 13.0 Å². The number of esters is 1. The Bertz CT molecular complexity index is 127. The maximum atomic E-state index is 10.8. The van der Waals surface area contributed by atoms with Gasteiger partial charge in [0.25, 0.3) is 0 Å².